The van der Waals surface area contributed by atoms with E-state index in [0.29, 0.717) is 13.1 Å². The first-order chi connectivity index (χ1) is 13.2. The van der Waals surface area contributed by atoms with Crippen LogP contribution in [-0.4, -0.2) is 42.0 Å². The molecule has 1 aliphatic heterocycles. The highest BCUT2D eigenvalue weighted by Crippen LogP contribution is 2.22. The van der Waals surface area contributed by atoms with Crippen molar-refractivity contribution < 1.29 is 4.79 Å². The van der Waals surface area contributed by atoms with E-state index in [0.717, 1.165) is 40.6 Å². The Morgan fingerprint density at radius 1 is 0.815 bits per heavy atom. The number of rotatable bonds is 3. The molecule has 5 heteroatoms. The number of nitrogens with zero attached hydrogens (tertiary/aromatic N) is 3. The summed E-state index contributed by atoms with van der Waals surface area (Å²) in [6, 6.07) is 21.4. The lowest BCUT2D eigenvalue weighted by Crippen LogP contribution is -2.49. The fraction of sp³-hybridized carbons (Fsp3) is 0.182. The van der Waals surface area contributed by atoms with Gasteiger partial charge in [0.05, 0.1) is 0 Å². The van der Waals surface area contributed by atoms with E-state index >= 15 is 0 Å². The molecule has 0 aliphatic carbocycles. The Labute approximate surface area is 164 Å². The normalized spacial score (nSPS) is 14.3. The van der Waals surface area contributed by atoms with Crippen LogP contribution in [0.4, 0.5) is 5.82 Å². The lowest BCUT2D eigenvalue weighted by molar-refractivity contribution is 0.0746. The Kier molecular flexibility index (Phi) is 5.07. The number of aromatic nitrogens is 1. The molecule has 2 aromatic carbocycles. The van der Waals surface area contributed by atoms with Crippen molar-refractivity contribution in [2.75, 3.05) is 31.1 Å². The number of carbonyl (C=O) groups is 1. The number of carbonyl (C=O) groups excluding carboxylic acids is 1. The molecule has 1 amide bonds. The predicted octanol–water partition coefficient (Wildman–Crippen LogP) is 4.36. The molecule has 0 radical (unpaired) electrons. The molecular weight excluding hydrogens is 358 g/mol. The molecule has 0 atom stereocenters. The molecule has 4 nitrogen and oxygen atoms in total. The van der Waals surface area contributed by atoms with Gasteiger partial charge >= 0.3 is 0 Å². The lowest BCUT2D eigenvalue weighted by atomic mass is 10.0. The Hall–Kier alpha value is -2.85. The zero-order chi connectivity index (χ0) is 18.6. The minimum Gasteiger partial charge on any atom is -0.353 e. The third-order valence-corrected chi connectivity index (χ3v) is 5.10. The van der Waals surface area contributed by atoms with Crippen molar-refractivity contribution in [3.05, 3.63) is 83.5 Å². The quantitative estimate of drug-likeness (QED) is 0.680. The number of pyridine rings is 1. The second kappa shape index (κ2) is 7.80. The van der Waals surface area contributed by atoms with E-state index in [9.17, 15) is 4.79 Å². The highest BCUT2D eigenvalue weighted by atomic mass is 35.5. The summed E-state index contributed by atoms with van der Waals surface area (Å²) in [5.74, 6) is 1.05. The summed E-state index contributed by atoms with van der Waals surface area (Å²) in [5.41, 5.74) is 2.88. The molecule has 136 valence electrons. The predicted molar refractivity (Wildman–Crippen MR) is 109 cm³/mol. The van der Waals surface area contributed by atoms with Gasteiger partial charge in [-0.15, -0.1) is 0 Å². The summed E-state index contributed by atoms with van der Waals surface area (Å²) in [6.07, 6.45) is 1.80. The van der Waals surface area contributed by atoms with Crippen molar-refractivity contribution in [2.24, 2.45) is 0 Å². The molecule has 0 unspecified atom stereocenters. The van der Waals surface area contributed by atoms with Crippen LogP contribution >= 0.6 is 11.6 Å². The first-order valence-corrected chi connectivity index (χ1v) is 9.40. The highest BCUT2D eigenvalue weighted by Gasteiger charge is 2.22. The van der Waals surface area contributed by atoms with E-state index in [-0.39, 0.29) is 5.91 Å². The number of amides is 1. The van der Waals surface area contributed by atoms with Gasteiger partial charge in [-0.3, -0.25) is 4.79 Å². The van der Waals surface area contributed by atoms with Crippen LogP contribution < -0.4 is 4.90 Å². The number of halogens is 1. The minimum atomic E-state index is 0.0818. The van der Waals surface area contributed by atoms with Crippen LogP contribution in [0.2, 0.25) is 5.02 Å². The van der Waals surface area contributed by atoms with Gasteiger partial charge < -0.3 is 9.80 Å². The summed E-state index contributed by atoms with van der Waals surface area (Å²) in [6.45, 7) is 3.00. The summed E-state index contributed by atoms with van der Waals surface area (Å²) >= 11 is 5.94. The Morgan fingerprint density at radius 2 is 1.44 bits per heavy atom. The van der Waals surface area contributed by atoms with Gasteiger partial charge in [-0.1, -0.05) is 41.9 Å². The van der Waals surface area contributed by atoms with Crippen molar-refractivity contribution in [3.8, 4) is 11.1 Å². The van der Waals surface area contributed by atoms with Gasteiger partial charge in [0.15, 0.2) is 0 Å². The molecule has 1 aliphatic rings. The Balaban J connectivity index is 1.41. The average Bonchev–Trinajstić information content (AvgIpc) is 2.75. The molecule has 0 saturated carbocycles. The maximum absolute atomic E-state index is 12.8. The second-order valence-corrected chi connectivity index (χ2v) is 6.99. The van der Waals surface area contributed by atoms with Crippen molar-refractivity contribution in [1.29, 1.82) is 0 Å². The van der Waals surface area contributed by atoms with Gasteiger partial charge in [-0.2, -0.15) is 0 Å². The summed E-state index contributed by atoms with van der Waals surface area (Å²) in [4.78, 5) is 21.3. The van der Waals surface area contributed by atoms with Gasteiger partial charge in [0, 0.05) is 43.0 Å². The number of hydrogen-bond donors (Lipinski definition) is 0. The Bertz CT molecular complexity index is 903. The molecule has 27 heavy (non-hydrogen) atoms. The van der Waals surface area contributed by atoms with E-state index < -0.39 is 0 Å². The SMILES string of the molecule is O=C(c1ccc(-c2ccc(Cl)cc2)cc1)N1CCN(c2ccccn2)CC1. The third-order valence-electron chi connectivity index (χ3n) is 4.85. The van der Waals surface area contributed by atoms with Crippen LogP contribution in [0, 0.1) is 0 Å². The standard InChI is InChI=1S/C22H20ClN3O/c23-20-10-8-18(9-11-20)17-4-6-19(7-5-17)22(27)26-15-13-25(14-16-26)21-3-1-2-12-24-21/h1-12H,13-16H2. The summed E-state index contributed by atoms with van der Waals surface area (Å²) < 4.78 is 0. The van der Waals surface area contributed by atoms with Crippen LogP contribution in [0.3, 0.4) is 0 Å². The first-order valence-electron chi connectivity index (χ1n) is 9.02. The third kappa shape index (κ3) is 3.96. The molecule has 0 bridgehead atoms. The van der Waals surface area contributed by atoms with Gasteiger partial charge in [0.2, 0.25) is 0 Å². The maximum Gasteiger partial charge on any atom is 0.253 e. The molecule has 2 heterocycles. The number of piperazine rings is 1. The molecule has 1 aromatic heterocycles. The molecule has 1 fully saturated rings. The van der Waals surface area contributed by atoms with E-state index in [1.54, 1.807) is 6.20 Å². The largest absolute Gasteiger partial charge is 0.353 e. The van der Waals surface area contributed by atoms with Gasteiger partial charge in [0.1, 0.15) is 5.82 Å². The van der Waals surface area contributed by atoms with Gasteiger partial charge in [-0.25, -0.2) is 4.98 Å². The summed E-state index contributed by atoms with van der Waals surface area (Å²) in [7, 11) is 0. The number of anilines is 1. The van der Waals surface area contributed by atoms with Crippen molar-refractivity contribution in [1.82, 2.24) is 9.88 Å². The molecule has 3 aromatic rings. The topological polar surface area (TPSA) is 36.4 Å². The van der Waals surface area contributed by atoms with Crippen molar-refractivity contribution in [3.63, 3.8) is 0 Å². The van der Waals surface area contributed by atoms with Crippen LogP contribution in [0.25, 0.3) is 11.1 Å². The van der Waals surface area contributed by atoms with Crippen LogP contribution in [-0.2, 0) is 0 Å². The first kappa shape index (κ1) is 17.6. The molecule has 4 rings (SSSR count). The Morgan fingerprint density at radius 3 is 2.04 bits per heavy atom. The van der Waals surface area contributed by atoms with Crippen molar-refractivity contribution >= 4 is 23.3 Å². The molecular formula is C22H20ClN3O. The minimum absolute atomic E-state index is 0.0818. The zero-order valence-corrected chi connectivity index (χ0v) is 15.6. The van der Waals surface area contributed by atoms with E-state index in [1.165, 1.54) is 0 Å². The van der Waals surface area contributed by atoms with Gasteiger partial charge in [-0.05, 0) is 47.5 Å². The lowest BCUT2D eigenvalue weighted by Gasteiger charge is -2.35. The smallest absolute Gasteiger partial charge is 0.253 e. The second-order valence-electron chi connectivity index (χ2n) is 6.55. The van der Waals surface area contributed by atoms with Crippen LogP contribution in [0.5, 0.6) is 0 Å². The average molecular weight is 378 g/mol. The van der Waals surface area contributed by atoms with E-state index in [2.05, 4.69) is 9.88 Å². The van der Waals surface area contributed by atoms with Crippen LogP contribution in [0.15, 0.2) is 72.9 Å². The van der Waals surface area contributed by atoms with E-state index in [4.69, 9.17) is 11.6 Å². The van der Waals surface area contributed by atoms with Gasteiger partial charge in [0.25, 0.3) is 5.91 Å². The maximum atomic E-state index is 12.8. The highest BCUT2D eigenvalue weighted by molar-refractivity contribution is 6.30. The zero-order valence-electron chi connectivity index (χ0n) is 14.9. The van der Waals surface area contributed by atoms with E-state index in [1.807, 2.05) is 71.6 Å². The summed E-state index contributed by atoms with van der Waals surface area (Å²) in [5, 5.41) is 0.718. The fourth-order valence-corrected chi connectivity index (χ4v) is 3.44. The van der Waals surface area contributed by atoms with Crippen LogP contribution in [0.1, 0.15) is 10.4 Å². The number of hydrogen-bond acceptors (Lipinski definition) is 3. The number of benzene rings is 2. The molecule has 0 spiro atoms. The fourth-order valence-electron chi connectivity index (χ4n) is 3.31. The molecule has 0 N–H and O–H groups in total. The monoisotopic (exact) mass is 377 g/mol. The van der Waals surface area contributed by atoms with Crippen molar-refractivity contribution in [2.45, 2.75) is 0 Å². The molecule has 1 saturated heterocycles.